The summed E-state index contributed by atoms with van der Waals surface area (Å²) in [5.74, 6) is 1.41. The van der Waals surface area contributed by atoms with E-state index in [4.69, 9.17) is 4.74 Å². The Bertz CT molecular complexity index is 834. The molecule has 1 aliphatic rings. The number of methoxy groups -OCH3 is 1. The smallest absolute Gasteiger partial charge is 0.387 e. The van der Waals surface area contributed by atoms with Crippen molar-refractivity contribution >= 4 is 11.6 Å². The van der Waals surface area contributed by atoms with Gasteiger partial charge in [-0.25, -0.2) is 4.98 Å². The number of benzene rings is 1. The lowest BCUT2D eigenvalue weighted by atomic mass is 10.2. The van der Waals surface area contributed by atoms with E-state index in [9.17, 15) is 8.78 Å². The molecule has 2 N–H and O–H groups in total. The average Bonchev–Trinajstić information content (AvgIpc) is 3.19. The van der Waals surface area contributed by atoms with Gasteiger partial charge in [0.05, 0.1) is 12.8 Å². The molecule has 3 rings (SSSR count). The van der Waals surface area contributed by atoms with Gasteiger partial charge in [-0.3, -0.25) is 4.99 Å². The minimum atomic E-state index is -2.85. The van der Waals surface area contributed by atoms with Crippen molar-refractivity contribution in [1.29, 1.82) is 0 Å². The van der Waals surface area contributed by atoms with E-state index in [0.717, 1.165) is 18.5 Å². The quantitative estimate of drug-likeness (QED) is 0.545. The van der Waals surface area contributed by atoms with Gasteiger partial charge in [-0.2, -0.15) is 8.78 Å². The van der Waals surface area contributed by atoms with Gasteiger partial charge in [0.2, 0.25) is 5.88 Å². The van der Waals surface area contributed by atoms with Crippen LogP contribution in [-0.4, -0.2) is 50.8 Å². The number of hydrogen-bond donors (Lipinski definition) is 2. The predicted octanol–water partition coefficient (Wildman–Crippen LogP) is 2.64. The fraction of sp³-hybridized carbons (Fsp3) is 0.400. The van der Waals surface area contributed by atoms with Gasteiger partial charge >= 0.3 is 6.61 Å². The molecule has 156 valence electrons. The standard InChI is InChI=1S/C20H25F2N5O2/c1-23-20(25-12-14-6-5-10-24-18(14)28-2)26-15-9-11-27(13-15)16-7-3-4-8-17(16)29-19(21)22/h3-8,10,15,19H,9,11-13H2,1-2H3,(H2,23,25,26). The molecule has 0 spiro atoms. The lowest BCUT2D eigenvalue weighted by molar-refractivity contribution is -0.0495. The Morgan fingerprint density at radius 3 is 2.90 bits per heavy atom. The highest BCUT2D eigenvalue weighted by Gasteiger charge is 2.26. The first-order valence-electron chi connectivity index (χ1n) is 9.34. The highest BCUT2D eigenvalue weighted by Crippen LogP contribution is 2.31. The molecule has 0 saturated carbocycles. The maximum atomic E-state index is 12.7. The highest BCUT2D eigenvalue weighted by molar-refractivity contribution is 5.80. The fourth-order valence-electron chi connectivity index (χ4n) is 3.32. The second-order valence-electron chi connectivity index (χ2n) is 6.52. The molecule has 0 bridgehead atoms. The number of nitrogens with zero attached hydrogens (tertiary/aromatic N) is 3. The van der Waals surface area contributed by atoms with Gasteiger partial charge < -0.3 is 25.0 Å². The number of anilines is 1. The van der Waals surface area contributed by atoms with Crippen LogP contribution in [0.4, 0.5) is 14.5 Å². The van der Waals surface area contributed by atoms with E-state index in [0.29, 0.717) is 30.6 Å². The van der Waals surface area contributed by atoms with E-state index < -0.39 is 6.61 Å². The zero-order chi connectivity index (χ0) is 20.6. The molecule has 1 fully saturated rings. The second kappa shape index (κ2) is 9.90. The number of aromatic nitrogens is 1. The first kappa shape index (κ1) is 20.6. The number of alkyl halides is 2. The Morgan fingerprint density at radius 2 is 2.14 bits per heavy atom. The summed E-state index contributed by atoms with van der Waals surface area (Å²) in [5, 5.41) is 6.64. The maximum absolute atomic E-state index is 12.7. The first-order valence-corrected chi connectivity index (χ1v) is 9.34. The third kappa shape index (κ3) is 5.46. The summed E-state index contributed by atoms with van der Waals surface area (Å²) in [6, 6.07) is 10.8. The van der Waals surface area contributed by atoms with Crippen molar-refractivity contribution in [3.8, 4) is 11.6 Å². The van der Waals surface area contributed by atoms with Gasteiger partial charge in [0.1, 0.15) is 5.75 Å². The van der Waals surface area contributed by atoms with Crippen LogP contribution in [0.5, 0.6) is 11.6 Å². The largest absolute Gasteiger partial charge is 0.481 e. The molecule has 29 heavy (non-hydrogen) atoms. The molecule has 0 aliphatic carbocycles. The van der Waals surface area contributed by atoms with E-state index >= 15 is 0 Å². The summed E-state index contributed by atoms with van der Waals surface area (Å²) in [6.45, 7) is -0.951. The summed E-state index contributed by atoms with van der Waals surface area (Å²) in [4.78, 5) is 10.5. The van der Waals surface area contributed by atoms with E-state index in [1.807, 2.05) is 23.1 Å². The lowest BCUT2D eigenvalue weighted by Crippen LogP contribution is -2.44. The molecule has 0 amide bonds. The fourth-order valence-corrected chi connectivity index (χ4v) is 3.32. The lowest BCUT2D eigenvalue weighted by Gasteiger charge is -2.22. The Labute approximate surface area is 168 Å². The van der Waals surface area contributed by atoms with Crippen molar-refractivity contribution in [3.63, 3.8) is 0 Å². The number of hydrogen-bond acceptors (Lipinski definition) is 5. The second-order valence-corrected chi connectivity index (χ2v) is 6.52. The van der Waals surface area contributed by atoms with Crippen LogP contribution < -0.4 is 25.0 Å². The van der Waals surface area contributed by atoms with E-state index in [-0.39, 0.29) is 11.8 Å². The van der Waals surface area contributed by atoms with Crippen molar-refractivity contribution in [2.24, 2.45) is 4.99 Å². The van der Waals surface area contributed by atoms with Crippen molar-refractivity contribution in [2.45, 2.75) is 25.6 Å². The molecule has 2 aromatic rings. The molecule has 1 atom stereocenters. The molecule has 1 aromatic carbocycles. The summed E-state index contributed by atoms with van der Waals surface area (Å²) >= 11 is 0. The van der Waals surface area contributed by atoms with Gasteiger partial charge in [-0.15, -0.1) is 0 Å². The van der Waals surface area contributed by atoms with Crippen LogP contribution in [0.15, 0.2) is 47.6 Å². The Morgan fingerprint density at radius 1 is 1.31 bits per heavy atom. The summed E-state index contributed by atoms with van der Waals surface area (Å²) in [7, 11) is 3.29. The minimum absolute atomic E-state index is 0.122. The van der Waals surface area contributed by atoms with Crippen molar-refractivity contribution in [2.75, 3.05) is 32.1 Å². The SMILES string of the molecule is CN=C(NCc1cccnc1OC)NC1CCN(c2ccccc2OC(F)F)C1. The first-order chi connectivity index (χ1) is 14.1. The highest BCUT2D eigenvalue weighted by atomic mass is 19.3. The summed E-state index contributed by atoms with van der Waals surface area (Å²) in [6.07, 6.45) is 2.53. The number of halogens is 2. The number of rotatable bonds is 7. The summed E-state index contributed by atoms with van der Waals surface area (Å²) in [5.41, 5.74) is 1.59. The monoisotopic (exact) mass is 405 g/mol. The van der Waals surface area contributed by atoms with Gasteiger partial charge in [-0.05, 0) is 24.6 Å². The Kier molecular flexibility index (Phi) is 7.04. The van der Waals surface area contributed by atoms with Crippen LogP contribution >= 0.6 is 0 Å². The number of ether oxygens (including phenoxy) is 2. The van der Waals surface area contributed by atoms with Gasteiger partial charge in [0, 0.05) is 44.5 Å². The average molecular weight is 405 g/mol. The van der Waals surface area contributed by atoms with Crippen molar-refractivity contribution < 1.29 is 18.3 Å². The number of guanidine groups is 1. The van der Waals surface area contributed by atoms with Crippen LogP contribution in [0, 0.1) is 0 Å². The zero-order valence-corrected chi connectivity index (χ0v) is 16.4. The van der Waals surface area contributed by atoms with Gasteiger partial charge in [-0.1, -0.05) is 18.2 Å². The van der Waals surface area contributed by atoms with Crippen LogP contribution in [0.25, 0.3) is 0 Å². The molecule has 2 heterocycles. The number of pyridine rings is 1. The molecule has 1 aromatic heterocycles. The molecule has 1 unspecified atom stereocenters. The number of para-hydroxylation sites is 2. The predicted molar refractivity (Wildman–Crippen MR) is 108 cm³/mol. The number of aliphatic imine (C=N–C) groups is 1. The van der Waals surface area contributed by atoms with Crippen molar-refractivity contribution in [1.82, 2.24) is 15.6 Å². The molecule has 1 aliphatic heterocycles. The minimum Gasteiger partial charge on any atom is -0.481 e. The van der Waals surface area contributed by atoms with E-state index in [1.54, 1.807) is 38.6 Å². The van der Waals surface area contributed by atoms with Gasteiger partial charge in [0.15, 0.2) is 5.96 Å². The van der Waals surface area contributed by atoms with E-state index in [1.165, 1.54) is 0 Å². The Hall–Kier alpha value is -3.10. The normalized spacial score (nSPS) is 16.8. The van der Waals surface area contributed by atoms with Gasteiger partial charge in [0.25, 0.3) is 0 Å². The molecule has 0 radical (unpaired) electrons. The molecular weight excluding hydrogens is 380 g/mol. The number of nitrogens with one attached hydrogen (secondary N) is 2. The van der Waals surface area contributed by atoms with E-state index in [2.05, 4.69) is 25.3 Å². The molecule has 7 nitrogen and oxygen atoms in total. The topological polar surface area (TPSA) is 71.0 Å². The zero-order valence-electron chi connectivity index (χ0n) is 16.4. The van der Waals surface area contributed by atoms with Crippen LogP contribution in [0.2, 0.25) is 0 Å². The third-order valence-electron chi connectivity index (χ3n) is 4.66. The van der Waals surface area contributed by atoms with Crippen LogP contribution in [0.1, 0.15) is 12.0 Å². The van der Waals surface area contributed by atoms with Crippen molar-refractivity contribution in [3.05, 3.63) is 48.2 Å². The molecule has 1 saturated heterocycles. The maximum Gasteiger partial charge on any atom is 0.387 e. The summed E-state index contributed by atoms with van der Waals surface area (Å²) < 4.78 is 35.3. The molecule has 9 heteroatoms. The Balaban J connectivity index is 1.57. The molecular formula is C20H25F2N5O2. The van der Waals surface area contributed by atoms with Crippen LogP contribution in [0.3, 0.4) is 0 Å². The third-order valence-corrected chi connectivity index (χ3v) is 4.66. The van der Waals surface area contributed by atoms with Crippen LogP contribution in [-0.2, 0) is 6.54 Å².